The summed E-state index contributed by atoms with van der Waals surface area (Å²) in [6, 6.07) is 10.0. The van der Waals surface area contributed by atoms with Crippen LogP contribution in [-0.2, 0) is 19.5 Å². The number of aromatic nitrogens is 2. The zero-order valence-corrected chi connectivity index (χ0v) is 12.5. The SMILES string of the molecule is C=CCn1cc(CNCC(O)Cc2ccccc2)c(C)n1. The summed E-state index contributed by atoms with van der Waals surface area (Å²) in [5, 5.41) is 17.7. The maximum Gasteiger partial charge on any atom is 0.0704 e. The van der Waals surface area contributed by atoms with Gasteiger partial charge in [-0.2, -0.15) is 5.10 Å². The van der Waals surface area contributed by atoms with Crippen molar-refractivity contribution in [3.63, 3.8) is 0 Å². The Balaban J connectivity index is 1.77. The van der Waals surface area contributed by atoms with Crippen molar-refractivity contribution in [1.82, 2.24) is 15.1 Å². The lowest BCUT2D eigenvalue weighted by atomic mass is 10.1. The molecule has 2 aromatic rings. The second kappa shape index (κ2) is 7.76. The van der Waals surface area contributed by atoms with E-state index in [4.69, 9.17) is 0 Å². The summed E-state index contributed by atoms with van der Waals surface area (Å²) in [4.78, 5) is 0. The van der Waals surface area contributed by atoms with Crippen molar-refractivity contribution in [2.24, 2.45) is 0 Å². The van der Waals surface area contributed by atoms with Gasteiger partial charge in [-0.05, 0) is 18.9 Å². The van der Waals surface area contributed by atoms with Crippen LogP contribution in [0.3, 0.4) is 0 Å². The van der Waals surface area contributed by atoms with Crippen molar-refractivity contribution in [2.45, 2.75) is 32.5 Å². The van der Waals surface area contributed by atoms with Gasteiger partial charge < -0.3 is 10.4 Å². The van der Waals surface area contributed by atoms with Crippen LogP contribution < -0.4 is 5.32 Å². The van der Waals surface area contributed by atoms with Crippen LogP contribution >= 0.6 is 0 Å². The van der Waals surface area contributed by atoms with E-state index in [9.17, 15) is 5.11 Å². The van der Waals surface area contributed by atoms with Crippen LogP contribution in [0.2, 0.25) is 0 Å². The smallest absolute Gasteiger partial charge is 0.0704 e. The van der Waals surface area contributed by atoms with Gasteiger partial charge in [0.25, 0.3) is 0 Å². The van der Waals surface area contributed by atoms with Gasteiger partial charge in [-0.15, -0.1) is 6.58 Å². The quantitative estimate of drug-likeness (QED) is 0.730. The van der Waals surface area contributed by atoms with Gasteiger partial charge in [-0.3, -0.25) is 4.68 Å². The van der Waals surface area contributed by atoms with Gasteiger partial charge >= 0.3 is 0 Å². The fourth-order valence-corrected chi connectivity index (χ4v) is 2.29. The molecule has 0 saturated heterocycles. The highest BCUT2D eigenvalue weighted by Gasteiger charge is 2.07. The molecule has 0 bridgehead atoms. The van der Waals surface area contributed by atoms with Gasteiger partial charge in [0.1, 0.15) is 0 Å². The van der Waals surface area contributed by atoms with Crippen molar-refractivity contribution < 1.29 is 5.11 Å². The molecule has 0 spiro atoms. The number of benzene rings is 1. The van der Waals surface area contributed by atoms with Crippen molar-refractivity contribution >= 4 is 0 Å². The molecule has 4 heteroatoms. The number of aryl methyl sites for hydroxylation is 1. The molecule has 1 unspecified atom stereocenters. The number of nitrogens with one attached hydrogen (secondary N) is 1. The molecule has 1 heterocycles. The van der Waals surface area contributed by atoms with Crippen molar-refractivity contribution in [1.29, 1.82) is 0 Å². The molecule has 0 fully saturated rings. The molecule has 0 amide bonds. The summed E-state index contributed by atoms with van der Waals surface area (Å²) in [5.74, 6) is 0. The van der Waals surface area contributed by atoms with Crippen LogP contribution in [0, 0.1) is 6.92 Å². The predicted octanol–water partition coefficient (Wildman–Crippen LogP) is 2.07. The molecule has 1 aromatic carbocycles. The lowest BCUT2D eigenvalue weighted by Crippen LogP contribution is -2.28. The molecule has 1 aromatic heterocycles. The average molecular weight is 285 g/mol. The van der Waals surface area contributed by atoms with E-state index in [-0.39, 0.29) is 6.10 Å². The number of hydrogen-bond donors (Lipinski definition) is 2. The monoisotopic (exact) mass is 285 g/mol. The number of allylic oxidation sites excluding steroid dienone is 1. The Bertz CT molecular complexity index is 563. The maximum absolute atomic E-state index is 10.0. The number of aliphatic hydroxyl groups is 1. The first-order valence-electron chi connectivity index (χ1n) is 7.25. The van der Waals surface area contributed by atoms with E-state index >= 15 is 0 Å². The predicted molar refractivity (Wildman–Crippen MR) is 85.0 cm³/mol. The normalized spacial score (nSPS) is 12.3. The minimum Gasteiger partial charge on any atom is -0.391 e. The van der Waals surface area contributed by atoms with Crippen LogP contribution in [-0.4, -0.2) is 27.5 Å². The zero-order valence-electron chi connectivity index (χ0n) is 12.5. The average Bonchev–Trinajstić information content (AvgIpc) is 2.80. The van der Waals surface area contributed by atoms with Crippen LogP contribution in [0.25, 0.3) is 0 Å². The summed E-state index contributed by atoms with van der Waals surface area (Å²) in [6.45, 7) is 7.71. The van der Waals surface area contributed by atoms with Gasteiger partial charge in [-0.1, -0.05) is 36.4 Å². The molecule has 0 aliphatic heterocycles. The lowest BCUT2D eigenvalue weighted by molar-refractivity contribution is 0.171. The second-order valence-electron chi connectivity index (χ2n) is 5.22. The summed E-state index contributed by atoms with van der Waals surface area (Å²) in [6.07, 6.45) is 4.14. The first kappa shape index (κ1) is 15.5. The molecular formula is C17H23N3O. The second-order valence-corrected chi connectivity index (χ2v) is 5.22. The van der Waals surface area contributed by atoms with Gasteiger partial charge in [-0.25, -0.2) is 0 Å². The standard InChI is InChI=1S/C17H23N3O/c1-3-9-20-13-16(14(2)19-20)11-18-12-17(21)10-15-7-5-4-6-8-15/h3-8,13,17-18,21H,1,9-12H2,2H3. The minimum atomic E-state index is -0.379. The van der Waals surface area contributed by atoms with E-state index in [1.165, 1.54) is 0 Å². The molecule has 1 atom stereocenters. The summed E-state index contributed by atoms with van der Waals surface area (Å²) in [5.41, 5.74) is 3.33. The third kappa shape index (κ3) is 4.85. The van der Waals surface area contributed by atoms with Crippen molar-refractivity contribution in [3.05, 3.63) is 66.0 Å². The molecule has 0 saturated carbocycles. The van der Waals surface area contributed by atoms with Crippen LogP contribution in [0.1, 0.15) is 16.8 Å². The topological polar surface area (TPSA) is 50.1 Å². The van der Waals surface area contributed by atoms with Crippen LogP contribution in [0.15, 0.2) is 49.2 Å². The Kier molecular flexibility index (Phi) is 5.72. The van der Waals surface area contributed by atoms with E-state index in [0.717, 1.165) is 29.9 Å². The van der Waals surface area contributed by atoms with Crippen LogP contribution in [0.4, 0.5) is 0 Å². The molecule has 0 aliphatic carbocycles. The molecule has 2 rings (SSSR count). The van der Waals surface area contributed by atoms with Gasteiger partial charge in [0.05, 0.1) is 18.3 Å². The molecular weight excluding hydrogens is 262 g/mol. The summed E-state index contributed by atoms with van der Waals surface area (Å²) < 4.78 is 1.87. The van der Waals surface area contributed by atoms with Gasteiger partial charge in [0.15, 0.2) is 0 Å². The van der Waals surface area contributed by atoms with E-state index in [0.29, 0.717) is 13.0 Å². The Morgan fingerprint density at radius 3 is 2.86 bits per heavy atom. The third-order valence-corrected chi connectivity index (χ3v) is 3.37. The fourth-order valence-electron chi connectivity index (χ4n) is 2.29. The molecule has 2 N–H and O–H groups in total. The largest absolute Gasteiger partial charge is 0.391 e. The maximum atomic E-state index is 10.0. The Morgan fingerprint density at radius 1 is 1.38 bits per heavy atom. The lowest BCUT2D eigenvalue weighted by Gasteiger charge is -2.11. The molecule has 21 heavy (non-hydrogen) atoms. The summed E-state index contributed by atoms with van der Waals surface area (Å²) in [7, 11) is 0. The number of hydrogen-bond acceptors (Lipinski definition) is 3. The fraction of sp³-hybridized carbons (Fsp3) is 0.353. The first-order valence-corrected chi connectivity index (χ1v) is 7.25. The molecule has 0 radical (unpaired) electrons. The Labute approximate surface area is 126 Å². The number of rotatable bonds is 8. The van der Waals surface area contributed by atoms with E-state index < -0.39 is 0 Å². The highest BCUT2D eigenvalue weighted by molar-refractivity contribution is 5.16. The van der Waals surface area contributed by atoms with E-state index in [1.54, 1.807) is 0 Å². The molecule has 4 nitrogen and oxygen atoms in total. The van der Waals surface area contributed by atoms with Crippen molar-refractivity contribution in [2.75, 3.05) is 6.54 Å². The first-order chi connectivity index (χ1) is 10.2. The molecule has 0 aliphatic rings. The highest BCUT2D eigenvalue weighted by Crippen LogP contribution is 2.06. The minimum absolute atomic E-state index is 0.379. The number of nitrogens with zero attached hydrogens (tertiary/aromatic N) is 2. The van der Waals surface area contributed by atoms with E-state index in [1.807, 2.05) is 54.2 Å². The van der Waals surface area contributed by atoms with Gasteiger partial charge in [0.2, 0.25) is 0 Å². The Hall–Kier alpha value is -1.91. The number of aliphatic hydroxyl groups excluding tert-OH is 1. The molecule has 112 valence electrons. The van der Waals surface area contributed by atoms with Gasteiger partial charge in [0, 0.05) is 24.8 Å². The Morgan fingerprint density at radius 2 is 2.14 bits per heavy atom. The highest BCUT2D eigenvalue weighted by atomic mass is 16.3. The van der Waals surface area contributed by atoms with Crippen LogP contribution in [0.5, 0.6) is 0 Å². The third-order valence-electron chi connectivity index (χ3n) is 3.37. The zero-order chi connectivity index (χ0) is 15.1. The van der Waals surface area contributed by atoms with Crippen molar-refractivity contribution in [3.8, 4) is 0 Å². The summed E-state index contributed by atoms with van der Waals surface area (Å²) >= 11 is 0. The van der Waals surface area contributed by atoms with E-state index in [2.05, 4.69) is 17.0 Å².